The summed E-state index contributed by atoms with van der Waals surface area (Å²) in [6, 6.07) is 0. The highest BCUT2D eigenvalue weighted by Crippen LogP contribution is 2.12. The van der Waals surface area contributed by atoms with Crippen molar-refractivity contribution in [1.82, 2.24) is 0 Å². The van der Waals surface area contributed by atoms with E-state index in [-0.39, 0.29) is 18.6 Å². The fourth-order valence-corrected chi connectivity index (χ4v) is 1.11. The number of hydrogen-bond donors (Lipinski definition) is 1. The Balaban J connectivity index is 3.71. The van der Waals surface area contributed by atoms with Crippen LogP contribution in [0.3, 0.4) is 0 Å². The molecule has 0 saturated heterocycles. The molecule has 0 aromatic rings. The molecule has 0 aromatic heterocycles. The minimum atomic E-state index is 0.111. The number of methoxy groups -OCH3 is 1. The molecule has 0 fully saturated rings. The Hall–Kier alpha value is -0.380. The summed E-state index contributed by atoms with van der Waals surface area (Å²) in [5.74, 6) is 0.266. The van der Waals surface area contributed by atoms with E-state index < -0.39 is 0 Å². The van der Waals surface area contributed by atoms with E-state index in [1.54, 1.807) is 7.11 Å². The summed E-state index contributed by atoms with van der Waals surface area (Å²) in [7, 11) is 1.60. The molecule has 0 heterocycles. The van der Waals surface area contributed by atoms with Gasteiger partial charge in [0.25, 0.3) is 0 Å². The Kier molecular flexibility index (Phi) is 7.99. The van der Waals surface area contributed by atoms with Crippen LogP contribution < -0.4 is 0 Å². The number of ether oxygens (including phenoxy) is 2. The highest BCUT2D eigenvalue weighted by atomic mass is 16.7. The van der Waals surface area contributed by atoms with Crippen LogP contribution in [0.2, 0.25) is 0 Å². The van der Waals surface area contributed by atoms with Crippen molar-refractivity contribution < 1.29 is 14.6 Å². The summed E-state index contributed by atoms with van der Waals surface area (Å²) in [6.45, 7) is 6.15. The molecule has 0 aromatic carbocycles. The Morgan fingerprint density at radius 3 is 2.69 bits per heavy atom. The average molecular weight is 188 g/mol. The number of rotatable bonds is 8. The monoisotopic (exact) mass is 188 g/mol. The second-order valence-electron chi connectivity index (χ2n) is 3.24. The number of aliphatic hydroxyl groups is 1. The van der Waals surface area contributed by atoms with Gasteiger partial charge in [-0.2, -0.15) is 0 Å². The molecule has 0 aliphatic heterocycles. The van der Waals surface area contributed by atoms with Gasteiger partial charge >= 0.3 is 0 Å². The molecule has 0 aliphatic rings. The minimum absolute atomic E-state index is 0.111. The number of hydrogen-bond acceptors (Lipinski definition) is 3. The summed E-state index contributed by atoms with van der Waals surface area (Å²) >= 11 is 0. The van der Waals surface area contributed by atoms with Crippen LogP contribution in [0.5, 0.6) is 0 Å². The van der Waals surface area contributed by atoms with Gasteiger partial charge in [0, 0.05) is 13.7 Å². The van der Waals surface area contributed by atoms with Crippen molar-refractivity contribution in [2.75, 3.05) is 20.5 Å². The van der Waals surface area contributed by atoms with Gasteiger partial charge in [0.1, 0.15) is 6.79 Å². The highest BCUT2D eigenvalue weighted by Gasteiger charge is 2.11. The van der Waals surface area contributed by atoms with Crippen molar-refractivity contribution in [3.8, 4) is 0 Å². The largest absolute Gasteiger partial charge is 0.396 e. The van der Waals surface area contributed by atoms with Gasteiger partial charge in [0.05, 0.1) is 6.10 Å². The maximum Gasteiger partial charge on any atom is 0.146 e. The third-order valence-electron chi connectivity index (χ3n) is 1.83. The molecule has 0 rings (SSSR count). The lowest BCUT2D eigenvalue weighted by Gasteiger charge is -2.18. The first-order chi connectivity index (χ1) is 6.24. The predicted molar refractivity (Wildman–Crippen MR) is 52.4 cm³/mol. The van der Waals surface area contributed by atoms with E-state index in [4.69, 9.17) is 14.6 Å². The fourth-order valence-electron chi connectivity index (χ4n) is 1.11. The van der Waals surface area contributed by atoms with Gasteiger partial charge < -0.3 is 14.6 Å². The molecule has 3 nitrogen and oxygen atoms in total. The molecule has 0 saturated carbocycles. The standard InChI is InChI=1S/C10H20O3/c1-4-5-10(13-8-12-3)6-9(2)7-11/h4,9-11H,1,5-8H2,2-3H3. The summed E-state index contributed by atoms with van der Waals surface area (Å²) in [5, 5.41) is 8.86. The van der Waals surface area contributed by atoms with Gasteiger partial charge in [-0.05, 0) is 18.8 Å². The lowest BCUT2D eigenvalue weighted by molar-refractivity contribution is -0.0781. The third kappa shape index (κ3) is 6.75. The number of aliphatic hydroxyl groups excluding tert-OH is 1. The minimum Gasteiger partial charge on any atom is -0.396 e. The second kappa shape index (κ2) is 8.23. The first kappa shape index (κ1) is 12.6. The molecule has 2 unspecified atom stereocenters. The van der Waals surface area contributed by atoms with Gasteiger partial charge in [-0.3, -0.25) is 0 Å². The molecule has 1 N–H and O–H groups in total. The SMILES string of the molecule is C=CCC(CC(C)CO)OCOC. The highest BCUT2D eigenvalue weighted by molar-refractivity contribution is 4.74. The van der Waals surface area contributed by atoms with Crippen molar-refractivity contribution in [3.63, 3.8) is 0 Å². The maximum atomic E-state index is 8.86. The summed E-state index contributed by atoms with van der Waals surface area (Å²) < 4.78 is 10.2. The van der Waals surface area contributed by atoms with Crippen molar-refractivity contribution in [2.24, 2.45) is 5.92 Å². The van der Waals surface area contributed by atoms with Gasteiger partial charge in [0.15, 0.2) is 0 Å². The Morgan fingerprint density at radius 1 is 1.54 bits per heavy atom. The van der Waals surface area contributed by atoms with Crippen LogP contribution in [0.25, 0.3) is 0 Å². The average Bonchev–Trinajstić information content (AvgIpc) is 2.14. The van der Waals surface area contributed by atoms with Gasteiger partial charge in [-0.15, -0.1) is 6.58 Å². The first-order valence-corrected chi connectivity index (χ1v) is 4.56. The van der Waals surface area contributed by atoms with Crippen molar-refractivity contribution >= 4 is 0 Å². The van der Waals surface area contributed by atoms with Gasteiger partial charge in [-0.25, -0.2) is 0 Å². The molecule has 0 radical (unpaired) electrons. The van der Waals surface area contributed by atoms with Gasteiger partial charge in [-0.1, -0.05) is 13.0 Å². The van der Waals surface area contributed by atoms with Crippen LogP contribution in [0.4, 0.5) is 0 Å². The van der Waals surface area contributed by atoms with E-state index in [1.807, 2.05) is 13.0 Å². The molecular weight excluding hydrogens is 168 g/mol. The Morgan fingerprint density at radius 2 is 2.23 bits per heavy atom. The van der Waals surface area contributed by atoms with Crippen LogP contribution in [0.1, 0.15) is 19.8 Å². The topological polar surface area (TPSA) is 38.7 Å². The zero-order valence-electron chi connectivity index (χ0n) is 8.53. The lowest BCUT2D eigenvalue weighted by Crippen LogP contribution is -2.18. The molecule has 2 atom stereocenters. The molecule has 13 heavy (non-hydrogen) atoms. The second-order valence-corrected chi connectivity index (χ2v) is 3.24. The maximum absolute atomic E-state index is 8.86. The molecule has 0 amide bonds. The van der Waals surface area contributed by atoms with E-state index in [0.717, 1.165) is 12.8 Å². The molecule has 0 aliphatic carbocycles. The van der Waals surface area contributed by atoms with Crippen molar-refractivity contribution in [3.05, 3.63) is 12.7 Å². The van der Waals surface area contributed by atoms with Crippen LogP contribution in [-0.4, -0.2) is 31.7 Å². The van der Waals surface area contributed by atoms with Crippen LogP contribution in [0.15, 0.2) is 12.7 Å². The summed E-state index contributed by atoms with van der Waals surface area (Å²) in [6.07, 6.45) is 3.57. The Bertz CT molecular complexity index is 125. The Labute approximate surface area is 80.4 Å². The normalized spacial score (nSPS) is 15.3. The molecular formula is C10H20O3. The summed E-state index contributed by atoms with van der Waals surface area (Å²) in [5.41, 5.74) is 0. The molecule has 3 heteroatoms. The quantitative estimate of drug-likeness (QED) is 0.464. The fraction of sp³-hybridized carbons (Fsp3) is 0.800. The first-order valence-electron chi connectivity index (χ1n) is 4.56. The molecule has 78 valence electrons. The third-order valence-corrected chi connectivity index (χ3v) is 1.83. The van der Waals surface area contributed by atoms with Crippen LogP contribution in [0, 0.1) is 5.92 Å². The van der Waals surface area contributed by atoms with Crippen LogP contribution in [-0.2, 0) is 9.47 Å². The van der Waals surface area contributed by atoms with Gasteiger partial charge in [0.2, 0.25) is 0 Å². The van der Waals surface area contributed by atoms with E-state index in [2.05, 4.69) is 6.58 Å². The summed E-state index contributed by atoms with van der Waals surface area (Å²) in [4.78, 5) is 0. The van der Waals surface area contributed by atoms with Crippen molar-refractivity contribution in [1.29, 1.82) is 0 Å². The lowest BCUT2D eigenvalue weighted by atomic mass is 10.0. The predicted octanol–water partition coefficient (Wildman–Crippen LogP) is 1.57. The van der Waals surface area contributed by atoms with Crippen molar-refractivity contribution in [2.45, 2.75) is 25.9 Å². The van der Waals surface area contributed by atoms with E-state index in [9.17, 15) is 0 Å². The smallest absolute Gasteiger partial charge is 0.146 e. The van der Waals surface area contributed by atoms with Crippen LogP contribution >= 0.6 is 0 Å². The van der Waals surface area contributed by atoms with E-state index in [0.29, 0.717) is 6.79 Å². The van der Waals surface area contributed by atoms with E-state index >= 15 is 0 Å². The zero-order chi connectivity index (χ0) is 10.1. The zero-order valence-corrected chi connectivity index (χ0v) is 8.53. The molecule has 0 spiro atoms. The van der Waals surface area contributed by atoms with E-state index in [1.165, 1.54) is 0 Å². The molecule has 0 bridgehead atoms.